The Morgan fingerprint density at radius 3 is 0.667 bits per heavy atom. The first-order valence-corrected chi connectivity index (χ1v) is 12.8. The Morgan fingerprint density at radius 2 is 0.533 bits per heavy atom. The van der Waals surface area contributed by atoms with Crippen LogP contribution < -0.4 is 33.6 Å². The third-order valence-electron chi connectivity index (χ3n) is 4.48. The van der Waals surface area contributed by atoms with Gasteiger partial charge in [-0.2, -0.15) is 0 Å². The molecular weight excluding hydrogens is 667 g/mol. The van der Waals surface area contributed by atoms with Gasteiger partial charge in [0.25, 0.3) is 0 Å². The second-order valence-corrected chi connectivity index (χ2v) is 7.90. The van der Waals surface area contributed by atoms with Crippen LogP contribution >= 0.6 is 0 Å². The molecule has 1 radical (unpaired) electrons. The first kappa shape index (κ1) is 45.1. The van der Waals surface area contributed by atoms with E-state index in [1.807, 2.05) is 0 Å². The minimum absolute atomic E-state index is 0. The van der Waals surface area contributed by atoms with E-state index in [0.717, 1.165) is 26.2 Å². The third-order valence-corrected chi connectivity index (χ3v) is 4.48. The topological polar surface area (TPSA) is 401 Å². The van der Waals surface area contributed by atoms with Crippen molar-refractivity contribution in [3.8, 4) is 0 Å². The van der Waals surface area contributed by atoms with E-state index in [1.165, 1.54) is 0 Å². The zero-order chi connectivity index (χ0) is 33.2. The Morgan fingerprint density at radius 1 is 0.378 bits per heavy atom. The van der Waals surface area contributed by atoms with Gasteiger partial charge in [-0.05, 0) is 0 Å². The first-order valence-electron chi connectivity index (χ1n) is 12.8. The summed E-state index contributed by atoms with van der Waals surface area (Å²) < 4.78 is 52.8. The van der Waals surface area contributed by atoms with Crippen molar-refractivity contribution in [2.45, 2.75) is 0 Å². The molecule has 0 atom stereocenters. The Labute approximate surface area is 270 Å². The van der Waals surface area contributed by atoms with Gasteiger partial charge in [0.15, 0.2) is 0 Å². The molecule has 18 N–H and O–H groups in total. The van der Waals surface area contributed by atoms with E-state index < -0.39 is 72.5 Å². The van der Waals surface area contributed by atoms with Gasteiger partial charge in [0.1, 0.15) is 0 Å². The molecule has 255 valence electrons. The summed E-state index contributed by atoms with van der Waals surface area (Å²) in [6, 6.07) is 0. The maximum absolute atomic E-state index is 8.94. The van der Waals surface area contributed by atoms with Crippen LogP contribution in [0.2, 0.25) is 0 Å². The summed E-state index contributed by atoms with van der Waals surface area (Å²) in [7, 11) is -15.2. The molecule has 0 amide bonds. The van der Waals surface area contributed by atoms with Crippen LogP contribution in [0.1, 0.15) is 0 Å². The summed E-state index contributed by atoms with van der Waals surface area (Å²) in [5.74, 6) is 0. The van der Waals surface area contributed by atoms with E-state index in [4.69, 9.17) is 63.1 Å². The van der Waals surface area contributed by atoms with Crippen molar-refractivity contribution in [1.82, 2.24) is 10.6 Å². The van der Waals surface area contributed by atoms with Crippen molar-refractivity contribution >= 4 is 72.5 Å². The molecule has 0 unspecified atom stereocenters. The molecule has 4 aliphatic heterocycles. The standard InChI is InChI=1S/2C4H13N3.2B5H4O10.Co/c2*5-1-3-7-4-2-6;2*6-1-10-2(7)13-5(12-1)14-3(8)11-4(9)15-5;/h2*7H,1-6H2;2*6-9H;/q;;2*-1;+2. The summed E-state index contributed by atoms with van der Waals surface area (Å²) in [6.45, 7) is -0.155. The molecule has 0 saturated carbocycles. The monoisotopic (exact) mass is 703 g/mol. The number of hydrogen-bond acceptors (Lipinski definition) is 26. The molecule has 26 nitrogen and oxygen atoms in total. The molecule has 0 aliphatic carbocycles. The molecule has 4 saturated heterocycles. The van der Waals surface area contributed by atoms with Gasteiger partial charge < -0.3 is 129 Å². The van der Waals surface area contributed by atoms with Crippen molar-refractivity contribution in [3.05, 3.63) is 0 Å². The van der Waals surface area contributed by atoms with Gasteiger partial charge in [-0.3, -0.25) is 0 Å². The van der Waals surface area contributed by atoms with Crippen LogP contribution in [0.15, 0.2) is 0 Å². The third kappa shape index (κ3) is 19.0. The number of nitrogens with one attached hydrogen (secondary N) is 2. The molecule has 0 bridgehead atoms. The van der Waals surface area contributed by atoms with Crippen molar-refractivity contribution in [2.75, 3.05) is 52.4 Å². The average Bonchev–Trinajstić information content (AvgIpc) is 2.87. The number of hydrogen-bond donors (Lipinski definition) is 14. The largest absolute Gasteiger partial charge is 2.00 e. The molecule has 4 rings (SSSR count). The van der Waals surface area contributed by atoms with E-state index in [0.29, 0.717) is 26.2 Å². The maximum atomic E-state index is 8.94. The fourth-order valence-electron chi connectivity index (χ4n) is 2.84. The molecule has 2 spiro atoms. The molecule has 4 heterocycles. The average molecular weight is 701 g/mol. The van der Waals surface area contributed by atoms with Gasteiger partial charge in [0, 0.05) is 52.4 Å². The quantitative estimate of drug-likeness (QED) is 0.0825. The van der Waals surface area contributed by atoms with E-state index in [2.05, 4.69) is 65.5 Å². The van der Waals surface area contributed by atoms with Crippen molar-refractivity contribution in [3.63, 3.8) is 0 Å². The van der Waals surface area contributed by atoms with Gasteiger partial charge in [-0.25, -0.2) is 0 Å². The van der Waals surface area contributed by atoms with Crippen LogP contribution in [0.4, 0.5) is 0 Å². The molecule has 37 heteroatoms. The van der Waals surface area contributed by atoms with E-state index in [9.17, 15) is 0 Å². The van der Waals surface area contributed by atoms with E-state index in [-0.39, 0.29) is 16.8 Å². The second-order valence-electron chi connectivity index (χ2n) is 7.90. The Kier molecular flexibility index (Phi) is 24.3. The van der Waals surface area contributed by atoms with Gasteiger partial charge in [0.2, 0.25) is 0 Å². The number of rotatable bonds is 8. The van der Waals surface area contributed by atoms with Crippen molar-refractivity contribution in [1.29, 1.82) is 0 Å². The molecule has 0 aromatic rings. The summed E-state index contributed by atoms with van der Waals surface area (Å²) in [5, 5.41) is 77.6. The Bertz CT molecular complexity index is 602. The van der Waals surface area contributed by atoms with E-state index >= 15 is 0 Å². The van der Waals surface area contributed by atoms with E-state index in [1.54, 1.807) is 0 Å². The predicted octanol–water partition coefficient (Wildman–Crippen LogP) is -12.1. The maximum Gasteiger partial charge on any atom is 2.00 e. The summed E-state index contributed by atoms with van der Waals surface area (Å²) in [6.07, 6.45) is 0. The van der Waals surface area contributed by atoms with Crippen LogP contribution in [0.5, 0.6) is 0 Å². The van der Waals surface area contributed by atoms with Crippen LogP contribution in [0, 0.1) is 0 Å². The van der Waals surface area contributed by atoms with Crippen LogP contribution in [-0.4, -0.2) is 165 Å². The molecule has 45 heavy (non-hydrogen) atoms. The Hall–Kier alpha value is 0.116. The van der Waals surface area contributed by atoms with Crippen LogP contribution in [0.3, 0.4) is 0 Å². The van der Waals surface area contributed by atoms with Crippen LogP contribution in [-0.2, 0) is 71.6 Å². The zero-order valence-electron chi connectivity index (χ0n) is 23.5. The predicted molar refractivity (Wildman–Crippen MR) is 150 cm³/mol. The van der Waals surface area contributed by atoms with Gasteiger partial charge >= 0.3 is 89.3 Å². The van der Waals surface area contributed by atoms with Crippen LogP contribution in [0.25, 0.3) is 0 Å². The normalized spacial score (nSPS) is 20.5. The minimum atomic E-state index is -3.21. The second kappa shape index (κ2) is 24.3. The van der Waals surface area contributed by atoms with Gasteiger partial charge in [-0.1, -0.05) is 0 Å². The zero-order valence-corrected chi connectivity index (χ0v) is 24.6. The first-order chi connectivity index (χ1) is 20.8. The summed E-state index contributed by atoms with van der Waals surface area (Å²) in [4.78, 5) is 0. The molecular formula is C8H34B10CoN6O20. The Balaban J connectivity index is 0.000000608. The number of nitrogens with two attached hydrogens (primary N) is 4. The van der Waals surface area contributed by atoms with Gasteiger partial charge in [-0.15, -0.1) is 0 Å². The van der Waals surface area contributed by atoms with Crippen molar-refractivity contribution in [2.24, 2.45) is 22.9 Å². The summed E-state index contributed by atoms with van der Waals surface area (Å²) >= 11 is 0. The van der Waals surface area contributed by atoms with Gasteiger partial charge in [0.05, 0.1) is 0 Å². The smallest absolute Gasteiger partial charge is 0.539 e. The van der Waals surface area contributed by atoms with Crippen molar-refractivity contribution < 1.29 is 112 Å². The molecule has 0 aromatic heterocycles. The minimum Gasteiger partial charge on any atom is -0.539 e. The SMILES string of the molecule is NCCNCCN.NCCNCCN.OB1OB(O)O[B-]2(O1)OB(O)OB(O)O2.OB1OB(O)O[B-]2(O1)OB(O)OB(O)O2.[Co+2]. The molecule has 0 aromatic carbocycles. The molecule has 4 fully saturated rings. The fraction of sp³-hybridized carbons (Fsp3) is 1.00. The molecule has 4 aliphatic rings. The fourth-order valence-corrected chi connectivity index (χ4v) is 2.84. The summed E-state index contributed by atoms with van der Waals surface area (Å²) in [5.41, 5.74) is 20.7.